The molecule has 14 heavy (non-hydrogen) atoms. The molecule has 2 N–H and O–H groups in total. The van der Waals surface area contributed by atoms with E-state index in [1.807, 2.05) is 0 Å². The zero-order valence-electron chi connectivity index (χ0n) is 7.91. The maximum Gasteiger partial charge on any atom is 0.334 e. The van der Waals surface area contributed by atoms with Crippen molar-refractivity contribution < 1.29 is 24.2 Å². The second kappa shape index (κ2) is 4.39. The molecule has 0 saturated carbocycles. The number of carbonyl (C=O) groups is 2. The van der Waals surface area contributed by atoms with Crippen molar-refractivity contribution in [2.24, 2.45) is 0 Å². The van der Waals surface area contributed by atoms with E-state index >= 15 is 0 Å². The minimum Gasteiger partial charge on any atom is -0.479 e. The van der Waals surface area contributed by atoms with Gasteiger partial charge in [-0.3, -0.25) is 4.79 Å². The Bertz CT molecular complexity index is 232. The fourth-order valence-electron chi connectivity index (χ4n) is 1.24. The van der Waals surface area contributed by atoms with E-state index in [2.05, 4.69) is 5.32 Å². The Hall–Kier alpha value is -1.14. The van der Waals surface area contributed by atoms with Crippen molar-refractivity contribution >= 4 is 11.9 Å². The van der Waals surface area contributed by atoms with E-state index in [0.29, 0.717) is 13.2 Å². The predicted octanol–water partition coefficient (Wildman–Crippen LogP) is -1.01. The minimum atomic E-state index is -1.44. The van der Waals surface area contributed by atoms with Crippen LogP contribution in [0, 0.1) is 0 Å². The maximum atomic E-state index is 11.0. The van der Waals surface area contributed by atoms with Crippen molar-refractivity contribution in [3.05, 3.63) is 0 Å². The zero-order chi connectivity index (χ0) is 10.6. The van der Waals surface area contributed by atoms with E-state index in [0.717, 1.165) is 0 Å². The molecule has 0 radical (unpaired) electrons. The third-order valence-electron chi connectivity index (χ3n) is 1.89. The van der Waals surface area contributed by atoms with Crippen LogP contribution in [0.5, 0.6) is 0 Å². The lowest BCUT2D eigenvalue weighted by Gasteiger charge is -2.26. The molecule has 0 unspecified atom stereocenters. The number of carboxylic acids is 1. The number of nitrogens with one attached hydrogen (secondary N) is 1. The molecule has 1 amide bonds. The Morgan fingerprint density at radius 1 is 1.29 bits per heavy atom. The van der Waals surface area contributed by atoms with Gasteiger partial charge in [0.2, 0.25) is 5.91 Å². The summed E-state index contributed by atoms with van der Waals surface area (Å²) in [7, 11) is 0. The van der Waals surface area contributed by atoms with Crippen LogP contribution in [0.2, 0.25) is 0 Å². The molecule has 6 heteroatoms. The Balaban J connectivity index is 2.77. The maximum absolute atomic E-state index is 11.0. The van der Waals surface area contributed by atoms with Gasteiger partial charge in [-0.1, -0.05) is 0 Å². The van der Waals surface area contributed by atoms with Gasteiger partial charge in [0.25, 0.3) is 0 Å². The smallest absolute Gasteiger partial charge is 0.334 e. The van der Waals surface area contributed by atoms with Gasteiger partial charge in [-0.05, 0) is 0 Å². The van der Waals surface area contributed by atoms with Crippen LogP contribution in [-0.2, 0) is 19.1 Å². The number of aliphatic carboxylic acids is 1. The highest BCUT2D eigenvalue weighted by Crippen LogP contribution is 2.10. The summed E-state index contributed by atoms with van der Waals surface area (Å²) in [5.74, 6) is -1.56. The summed E-state index contributed by atoms with van der Waals surface area (Å²) in [5, 5.41) is 11.3. The molecule has 6 nitrogen and oxygen atoms in total. The zero-order valence-corrected chi connectivity index (χ0v) is 7.91. The number of carbonyl (C=O) groups excluding carboxylic acids is 1. The van der Waals surface area contributed by atoms with E-state index in [1.54, 1.807) is 0 Å². The molecule has 1 heterocycles. The molecule has 0 aliphatic carbocycles. The second-order valence-electron chi connectivity index (χ2n) is 3.17. The largest absolute Gasteiger partial charge is 0.479 e. The molecule has 1 aliphatic heterocycles. The first kappa shape index (κ1) is 10.9. The summed E-state index contributed by atoms with van der Waals surface area (Å²) in [5.41, 5.74) is -1.44. The number of hydrogen-bond donors (Lipinski definition) is 2. The fraction of sp³-hybridized carbons (Fsp3) is 0.750. The van der Waals surface area contributed by atoms with Crippen LogP contribution in [0.1, 0.15) is 6.92 Å². The van der Waals surface area contributed by atoms with Crippen LogP contribution < -0.4 is 5.32 Å². The first-order chi connectivity index (χ1) is 6.57. The van der Waals surface area contributed by atoms with Crippen molar-refractivity contribution in [1.29, 1.82) is 0 Å². The molecule has 1 aliphatic rings. The number of ether oxygens (including phenoxy) is 2. The van der Waals surface area contributed by atoms with E-state index in [1.165, 1.54) is 6.92 Å². The Morgan fingerprint density at radius 2 is 1.79 bits per heavy atom. The average molecular weight is 203 g/mol. The third-order valence-corrected chi connectivity index (χ3v) is 1.89. The quantitative estimate of drug-likeness (QED) is 0.600. The molecule has 0 aromatic rings. The van der Waals surface area contributed by atoms with Crippen molar-refractivity contribution in [3.63, 3.8) is 0 Å². The highest BCUT2D eigenvalue weighted by molar-refractivity contribution is 5.86. The Morgan fingerprint density at radius 3 is 2.14 bits per heavy atom. The highest BCUT2D eigenvalue weighted by Gasteiger charge is 2.41. The van der Waals surface area contributed by atoms with E-state index in [4.69, 9.17) is 14.6 Å². The first-order valence-electron chi connectivity index (χ1n) is 4.24. The average Bonchev–Trinajstić information content (AvgIpc) is 2.29. The number of rotatable bonds is 2. The van der Waals surface area contributed by atoms with Gasteiger partial charge < -0.3 is 19.9 Å². The molecule has 0 aromatic carbocycles. The Kier molecular flexibility index (Phi) is 3.43. The van der Waals surface area contributed by atoms with Gasteiger partial charge in [0.15, 0.2) is 5.54 Å². The lowest BCUT2D eigenvalue weighted by molar-refractivity contribution is -0.151. The van der Waals surface area contributed by atoms with Crippen LogP contribution in [0.15, 0.2) is 0 Å². The number of carboxylic acid groups (broad SMARTS) is 1. The molecule has 0 atom stereocenters. The molecule has 1 saturated heterocycles. The lowest BCUT2D eigenvalue weighted by atomic mass is 10.0. The summed E-state index contributed by atoms with van der Waals surface area (Å²) in [6, 6.07) is 0. The van der Waals surface area contributed by atoms with Gasteiger partial charge in [-0.15, -0.1) is 0 Å². The molecule has 80 valence electrons. The summed E-state index contributed by atoms with van der Waals surface area (Å²) in [6.45, 7) is 1.81. The topological polar surface area (TPSA) is 84.9 Å². The van der Waals surface area contributed by atoms with Gasteiger partial charge in [0.05, 0.1) is 26.4 Å². The molecular formula is C8H13NO5. The van der Waals surface area contributed by atoms with E-state index in [-0.39, 0.29) is 13.2 Å². The summed E-state index contributed by atoms with van der Waals surface area (Å²) in [6.07, 6.45) is 0. The van der Waals surface area contributed by atoms with Gasteiger partial charge in [0, 0.05) is 6.92 Å². The SMILES string of the molecule is CC(=O)NC1(C(=O)O)COCCOC1. The Labute approximate surface area is 81.2 Å². The normalized spacial score (nSPS) is 20.9. The van der Waals surface area contributed by atoms with E-state index < -0.39 is 17.4 Å². The van der Waals surface area contributed by atoms with Gasteiger partial charge in [-0.2, -0.15) is 0 Å². The van der Waals surface area contributed by atoms with Crippen molar-refractivity contribution in [2.45, 2.75) is 12.5 Å². The van der Waals surface area contributed by atoms with Gasteiger partial charge >= 0.3 is 5.97 Å². The number of amides is 1. The minimum absolute atomic E-state index is 0.0675. The lowest BCUT2D eigenvalue weighted by Crippen LogP contribution is -2.59. The van der Waals surface area contributed by atoms with Crippen molar-refractivity contribution in [2.75, 3.05) is 26.4 Å². The van der Waals surface area contributed by atoms with Crippen molar-refractivity contribution in [1.82, 2.24) is 5.32 Å². The summed E-state index contributed by atoms with van der Waals surface area (Å²) >= 11 is 0. The second-order valence-corrected chi connectivity index (χ2v) is 3.17. The molecule has 1 fully saturated rings. The monoisotopic (exact) mass is 203 g/mol. The van der Waals surface area contributed by atoms with E-state index in [9.17, 15) is 9.59 Å². The standard InChI is InChI=1S/C8H13NO5/c1-6(10)9-8(7(11)12)4-13-2-3-14-5-8/h2-5H2,1H3,(H,9,10)(H,11,12). The van der Waals surface area contributed by atoms with Crippen LogP contribution in [-0.4, -0.2) is 48.9 Å². The molecule has 0 aromatic heterocycles. The van der Waals surface area contributed by atoms with Gasteiger partial charge in [-0.25, -0.2) is 4.79 Å². The molecule has 1 rings (SSSR count). The van der Waals surface area contributed by atoms with Crippen LogP contribution in [0.25, 0.3) is 0 Å². The summed E-state index contributed by atoms with van der Waals surface area (Å²) < 4.78 is 10.1. The highest BCUT2D eigenvalue weighted by atomic mass is 16.5. The molecule has 0 spiro atoms. The van der Waals surface area contributed by atoms with Crippen LogP contribution in [0.3, 0.4) is 0 Å². The molecule has 0 bridgehead atoms. The fourth-order valence-corrected chi connectivity index (χ4v) is 1.24. The summed E-state index contributed by atoms with van der Waals surface area (Å²) in [4.78, 5) is 21.8. The predicted molar refractivity (Wildman–Crippen MR) is 45.8 cm³/mol. The van der Waals surface area contributed by atoms with Crippen LogP contribution >= 0.6 is 0 Å². The van der Waals surface area contributed by atoms with Crippen molar-refractivity contribution in [3.8, 4) is 0 Å². The third kappa shape index (κ3) is 2.43. The van der Waals surface area contributed by atoms with Gasteiger partial charge in [0.1, 0.15) is 0 Å². The first-order valence-corrected chi connectivity index (χ1v) is 4.24. The molecular weight excluding hydrogens is 190 g/mol. The van der Waals surface area contributed by atoms with Crippen LogP contribution in [0.4, 0.5) is 0 Å². The number of hydrogen-bond acceptors (Lipinski definition) is 4.